The summed E-state index contributed by atoms with van der Waals surface area (Å²) in [6, 6.07) is 20.9. The number of nitrogens with zero attached hydrogens (tertiary/aromatic N) is 2. The summed E-state index contributed by atoms with van der Waals surface area (Å²) in [5.41, 5.74) is 1.99. The van der Waals surface area contributed by atoms with Crippen molar-refractivity contribution >= 4 is 45.6 Å². The van der Waals surface area contributed by atoms with Crippen molar-refractivity contribution in [3.05, 3.63) is 99.9 Å². The van der Waals surface area contributed by atoms with Gasteiger partial charge in [-0.3, -0.25) is 4.79 Å². The first-order chi connectivity index (χ1) is 20.1. The van der Waals surface area contributed by atoms with Gasteiger partial charge < -0.3 is 10.6 Å². The van der Waals surface area contributed by atoms with Crippen molar-refractivity contribution in [3.8, 4) is 11.3 Å². The van der Waals surface area contributed by atoms with E-state index in [4.69, 9.17) is 11.6 Å². The van der Waals surface area contributed by atoms with Crippen LogP contribution < -0.4 is 10.6 Å². The van der Waals surface area contributed by atoms with Crippen molar-refractivity contribution < 1.29 is 22.2 Å². The smallest absolute Gasteiger partial charge is 0.364 e. The predicted octanol–water partition coefficient (Wildman–Crippen LogP) is 7.46. The summed E-state index contributed by atoms with van der Waals surface area (Å²) < 4.78 is 55.4. The highest BCUT2D eigenvalue weighted by molar-refractivity contribution is 7.85. The Morgan fingerprint density at radius 3 is 2.52 bits per heavy atom. The molecule has 42 heavy (non-hydrogen) atoms. The Kier molecular flexibility index (Phi) is 9.32. The number of rotatable bonds is 9. The van der Waals surface area contributed by atoms with Crippen LogP contribution in [0.25, 0.3) is 11.3 Å². The SMILES string of the molecule is CC(Nc1cc(CNC(=O)[C@@H]2CCCN2S(=O)c2ccc(Cl)s2)cc(-c2ccc(C(F)(F)F)cc2)n1)c1ccccc1. The van der Waals surface area contributed by atoms with E-state index in [0.717, 1.165) is 24.1 Å². The number of benzene rings is 2. The summed E-state index contributed by atoms with van der Waals surface area (Å²) in [5.74, 6) is 0.273. The summed E-state index contributed by atoms with van der Waals surface area (Å²) in [6.45, 7) is 2.67. The number of halogens is 4. The number of pyridine rings is 1. The summed E-state index contributed by atoms with van der Waals surface area (Å²) in [7, 11) is -1.50. The number of hydrogen-bond donors (Lipinski definition) is 2. The standard InChI is InChI=1S/C30H28ClF3N4O2S2/c1-19(21-6-3-2-4-7-21)36-27-17-20(16-24(37-27)22-9-11-23(12-10-22)30(32,33)34)18-35-29(39)25-8-5-15-38(25)42(40)28-14-13-26(31)41-28/h2-4,6-7,9-14,16-17,19,25H,5,8,15,18H2,1H3,(H,35,39)(H,36,37)/t19?,25-,42?/m0/s1. The Hall–Kier alpha value is -3.25. The molecule has 0 bridgehead atoms. The number of carbonyl (C=O) groups excluding carboxylic acids is 1. The first-order valence-electron chi connectivity index (χ1n) is 13.3. The van der Waals surface area contributed by atoms with E-state index in [2.05, 4.69) is 15.6 Å². The van der Waals surface area contributed by atoms with Crippen molar-refractivity contribution in [2.24, 2.45) is 0 Å². The van der Waals surface area contributed by atoms with Gasteiger partial charge in [0.1, 0.15) is 27.1 Å². The lowest BCUT2D eigenvalue weighted by Crippen LogP contribution is -2.43. The minimum atomic E-state index is -4.44. The highest BCUT2D eigenvalue weighted by Crippen LogP contribution is 2.32. The monoisotopic (exact) mass is 632 g/mol. The van der Waals surface area contributed by atoms with Gasteiger partial charge in [0.05, 0.1) is 15.6 Å². The zero-order valence-electron chi connectivity index (χ0n) is 22.5. The maximum Gasteiger partial charge on any atom is 0.416 e. The van der Waals surface area contributed by atoms with Crippen LogP contribution in [0.1, 0.15) is 42.5 Å². The fourth-order valence-electron chi connectivity index (χ4n) is 4.80. The van der Waals surface area contributed by atoms with Gasteiger partial charge in [-0.25, -0.2) is 13.5 Å². The average molecular weight is 633 g/mol. The average Bonchev–Trinajstić information content (AvgIpc) is 3.65. The predicted molar refractivity (Wildman–Crippen MR) is 160 cm³/mol. The Morgan fingerprint density at radius 1 is 1.12 bits per heavy atom. The lowest BCUT2D eigenvalue weighted by molar-refractivity contribution is -0.137. The number of nitrogens with one attached hydrogen (secondary N) is 2. The van der Waals surface area contributed by atoms with Gasteiger partial charge in [0.2, 0.25) is 5.91 Å². The van der Waals surface area contributed by atoms with Gasteiger partial charge in [0.15, 0.2) is 0 Å². The van der Waals surface area contributed by atoms with E-state index < -0.39 is 28.8 Å². The maximum atomic E-state index is 13.3. The fourth-order valence-corrected chi connectivity index (χ4v) is 7.70. The van der Waals surface area contributed by atoms with Crippen LogP contribution in [0.5, 0.6) is 0 Å². The van der Waals surface area contributed by atoms with Gasteiger partial charge in [-0.15, -0.1) is 11.3 Å². The van der Waals surface area contributed by atoms with Gasteiger partial charge in [-0.05, 0) is 67.3 Å². The van der Waals surface area contributed by atoms with Crippen LogP contribution >= 0.6 is 22.9 Å². The van der Waals surface area contributed by atoms with Gasteiger partial charge in [-0.2, -0.15) is 13.2 Å². The van der Waals surface area contributed by atoms with Gasteiger partial charge in [-0.1, -0.05) is 54.1 Å². The van der Waals surface area contributed by atoms with Crippen LogP contribution in [-0.2, 0) is 28.5 Å². The molecule has 0 saturated carbocycles. The van der Waals surface area contributed by atoms with Crippen LogP contribution in [0, 0.1) is 0 Å². The third kappa shape index (κ3) is 7.20. The van der Waals surface area contributed by atoms with Crippen LogP contribution in [-0.4, -0.2) is 32.0 Å². The molecule has 1 fully saturated rings. The second-order valence-electron chi connectivity index (χ2n) is 9.92. The molecule has 1 aliphatic heterocycles. The molecule has 4 aromatic rings. The number of carbonyl (C=O) groups is 1. The third-order valence-electron chi connectivity index (χ3n) is 6.96. The fraction of sp³-hybridized carbons (Fsp3) is 0.267. The molecule has 220 valence electrons. The van der Waals surface area contributed by atoms with E-state index in [0.29, 0.717) is 44.1 Å². The summed E-state index contributed by atoms with van der Waals surface area (Å²) in [5, 5.41) is 6.33. The van der Waals surface area contributed by atoms with E-state index in [9.17, 15) is 22.2 Å². The van der Waals surface area contributed by atoms with Gasteiger partial charge in [0.25, 0.3) is 0 Å². The first kappa shape index (κ1) is 30.2. The summed E-state index contributed by atoms with van der Waals surface area (Å²) in [4.78, 5) is 17.9. The zero-order valence-corrected chi connectivity index (χ0v) is 24.9. The van der Waals surface area contributed by atoms with Crippen molar-refractivity contribution in [2.45, 2.75) is 48.8 Å². The Morgan fingerprint density at radius 2 is 1.86 bits per heavy atom. The minimum Gasteiger partial charge on any atom is -0.364 e. The molecule has 3 heterocycles. The summed E-state index contributed by atoms with van der Waals surface area (Å²) >= 11 is 7.25. The molecule has 6 nitrogen and oxygen atoms in total. The quantitative estimate of drug-likeness (QED) is 0.201. The van der Waals surface area contributed by atoms with Crippen molar-refractivity contribution in [1.29, 1.82) is 0 Å². The topological polar surface area (TPSA) is 74.3 Å². The molecule has 5 rings (SSSR count). The molecular weight excluding hydrogens is 605 g/mol. The van der Waals surface area contributed by atoms with E-state index >= 15 is 0 Å². The Balaban J connectivity index is 1.36. The normalized spacial score (nSPS) is 17.1. The van der Waals surface area contributed by atoms with E-state index in [1.54, 1.807) is 22.5 Å². The van der Waals surface area contributed by atoms with Crippen molar-refractivity contribution in [1.82, 2.24) is 14.6 Å². The minimum absolute atomic E-state index is 0.100. The Bertz CT molecular complexity index is 1570. The molecule has 2 N–H and O–H groups in total. The molecule has 1 aliphatic rings. The highest BCUT2D eigenvalue weighted by Gasteiger charge is 2.35. The number of anilines is 1. The van der Waals surface area contributed by atoms with Gasteiger partial charge >= 0.3 is 6.18 Å². The zero-order chi connectivity index (χ0) is 29.9. The maximum absolute atomic E-state index is 13.3. The van der Waals surface area contributed by atoms with Crippen LogP contribution in [0.2, 0.25) is 4.34 Å². The molecule has 2 unspecified atom stereocenters. The molecular formula is C30H28ClF3N4O2S2. The highest BCUT2D eigenvalue weighted by atomic mass is 35.5. The molecule has 12 heteroatoms. The molecule has 0 spiro atoms. The van der Waals surface area contributed by atoms with Crippen LogP contribution in [0.4, 0.5) is 19.0 Å². The molecule has 3 atom stereocenters. The second kappa shape index (κ2) is 12.9. The Labute approximate surface area is 253 Å². The number of aromatic nitrogens is 1. The molecule has 1 saturated heterocycles. The number of alkyl halides is 3. The summed E-state index contributed by atoms with van der Waals surface area (Å²) in [6.07, 6.45) is -3.13. The lowest BCUT2D eigenvalue weighted by atomic mass is 10.1. The van der Waals surface area contributed by atoms with Crippen molar-refractivity contribution in [2.75, 3.05) is 11.9 Å². The number of thiophene rings is 1. The van der Waals surface area contributed by atoms with Gasteiger partial charge in [0, 0.05) is 24.7 Å². The van der Waals surface area contributed by atoms with E-state index in [-0.39, 0.29) is 18.5 Å². The number of hydrogen-bond acceptors (Lipinski definition) is 5. The third-order valence-corrected chi connectivity index (χ3v) is 10.0. The largest absolute Gasteiger partial charge is 0.416 e. The molecule has 0 aliphatic carbocycles. The molecule has 1 amide bonds. The van der Waals surface area contributed by atoms with Crippen molar-refractivity contribution in [3.63, 3.8) is 0 Å². The first-order valence-corrected chi connectivity index (χ1v) is 15.6. The molecule has 2 aromatic carbocycles. The molecule has 2 aromatic heterocycles. The van der Waals surface area contributed by atoms with E-state index in [1.807, 2.05) is 43.3 Å². The van der Waals surface area contributed by atoms with E-state index in [1.165, 1.54) is 23.5 Å². The number of amides is 1. The lowest BCUT2D eigenvalue weighted by Gasteiger charge is -2.22. The van der Waals surface area contributed by atoms with Crippen LogP contribution in [0.15, 0.2) is 83.1 Å². The second-order valence-corrected chi connectivity index (χ2v) is 13.3. The van der Waals surface area contributed by atoms with Crippen LogP contribution in [0.3, 0.4) is 0 Å². The molecule has 0 radical (unpaired) electrons.